The molecule has 0 saturated carbocycles. The van der Waals surface area contributed by atoms with E-state index in [4.69, 9.17) is 16.3 Å². The number of methoxy groups -OCH3 is 1. The molecule has 0 aromatic heterocycles. The van der Waals surface area contributed by atoms with E-state index in [1.165, 1.54) is 31.2 Å². The lowest BCUT2D eigenvalue weighted by molar-refractivity contribution is -0.140. The summed E-state index contributed by atoms with van der Waals surface area (Å²) in [5.74, 6) is -0.438. The first-order chi connectivity index (χ1) is 18.1. The van der Waals surface area contributed by atoms with Gasteiger partial charge in [-0.05, 0) is 55.3 Å². The molecule has 0 fully saturated rings. The Labute approximate surface area is 229 Å². The number of benzene rings is 3. The normalized spacial score (nSPS) is 11.9. The van der Waals surface area contributed by atoms with E-state index in [1.54, 1.807) is 67.6 Å². The molecule has 2 amide bonds. The number of likely N-dealkylation sites (N-methyl/N-ethyl adjacent to an activating group) is 1. The predicted octanol–water partition coefficient (Wildman–Crippen LogP) is 4.41. The minimum atomic E-state index is -4.15. The molecule has 8 nitrogen and oxygen atoms in total. The van der Waals surface area contributed by atoms with Crippen LogP contribution in [0.5, 0.6) is 5.75 Å². The standard InChI is InChI=1S/C28H32ClN3O5S/c1-5-26(28(34)30-3)31(18-21-11-13-22(29)14-12-21)27(33)19-32(23-7-6-8-24(17-23)37-4)38(35,36)25-15-9-20(2)10-16-25/h6-17,26H,5,18-19H2,1-4H3,(H,30,34)/t26-/m0/s1. The van der Waals surface area contributed by atoms with Crippen molar-refractivity contribution >= 4 is 39.1 Å². The minimum Gasteiger partial charge on any atom is -0.497 e. The molecule has 1 N–H and O–H groups in total. The highest BCUT2D eigenvalue weighted by molar-refractivity contribution is 7.92. The maximum atomic E-state index is 13.9. The van der Waals surface area contributed by atoms with Gasteiger partial charge in [0.2, 0.25) is 11.8 Å². The maximum absolute atomic E-state index is 13.9. The van der Waals surface area contributed by atoms with Gasteiger partial charge in [0, 0.05) is 24.7 Å². The summed E-state index contributed by atoms with van der Waals surface area (Å²) in [7, 11) is -1.17. The van der Waals surface area contributed by atoms with Gasteiger partial charge in [-0.2, -0.15) is 0 Å². The third kappa shape index (κ3) is 6.85. The van der Waals surface area contributed by atoms with Crippen LogP contribution in [0.4, 0.5) is 5.69 Å². The Morgan fingerprint density at radius 1 is 1.03 bits per heavy atom. The molecular formula is C28H32ClN3O5S. The Hall–Kier alpha value is -3.56. The Kier molecular flexibility index (Phi) is 9.77. The number of ether oxygens (including phenoxy) is 1. The van der Waals surface area contributed by atoms with Crippen LogP contribution in [0.2, 0.25) is 5.02 Å². The summed E-state index contributed by atoms with van der Waals surface area (Å²) < 4.78 is 34.0. The van der Waals surface area contributed by atoms with Crippen LogP contribution in [0.25, 0.3) is 0 Å². The van der Waals surface area contributed by atoms with Crippen LogP contribution in [-0.4, -0.2) is 51.9 Å². The molecule has 202 valence electrons. The largest absolute Gasteiger partial charge is 0.497 e. The number of hydrogen-bond donors (Lipinski definition) is 1. The molecule has 10 heteroatoms. The monoisotopic (exact) mass is 557 g/mol. The second-order valence-corrected chi connectivity index (χ2v) is 11.0. The number of rotatable bonds is 11. The summed E-state index contributed by atoms with van der Waals surface area (Å²) in [5, 5.41) is 3.15. The van der Waals surface area contributed by atoms with Gasteiger partial charge in [-0.25, -0.2) is 8.42 Å². The summed E-state index contributed by atoms with van der Waals surface area (Å²) in [4.78, 5) is 28.1. The lowest BCUT2D eigenvalue weighted by atomic mass is 10.1. The molecule has 0 aliphatic carbocycles. The Balaban J connectivity index is 2.07. The molecular weight excluding hydrogens is 526 g/mol. The van der Waals surface area contributed by atoms with Crippen LogP contribution >= 0.6 is 11.6 Å². The molecule has 0 saturated heterocycles. The SMILES string of the molecule is CC[C@@H](C(=O)NC)N(Cc1ccc(Cl)cc1)C(=O)CN(c1cccc(OC)c1)S(=O)(=O)c1ccc(C)cc1. The Morgan fingerprint density at radius 3 is 2.26 bits per heavy atom. The van der Waals surface area contributed by atoms with Crippen molar-refractivity contribution in [2.45, 2.75) is 37.8 Å². The highest BCUT2D eigenvalue weighted by Crippen LogP contribution is 2.28. The number of nitrogens with one attached hydrogen (secondary N) is 1. The third-order valence-electron chi connectivity index (χ3n) is 6.13. The fourth-order valence-corrected chi connectivity index (χ4v) is 5.54. The molecule has 3 aromatic carbocycles. The van der Waals surface area contributed by atoms with E-state index in [1.807, 2.05) is 6.92 Å². The number of aryl methyl sites for hydroxylation is 1. The maximum Gasteiger partial charge on any atom is 0.264 e. The van der Waals surface area contributed by atoms with Crippen molar-refractivity contribution in [3.05, 3.63) is 88.9 Å². The van der Waals surface area contributed by atoms with E-state index in [0.717, 1.165) is 15.4 Å². The average molecular weight is 558 g/mol. The molecule has 0 bridgehead atoms. The van der Waals surface area contributed by atoms with Crippen molar-refractivity contribution in [3.63, 3.8) is 0 Å². The van der Waals surface area contributed by atoms with Crippen molar-refractivity contribution in [3.8, 4) is 5.75 Å². The summed E-state index contributed by atoms with van der Waals surface area (Å²) in [6.45, 7) is 3.23. The number of carbonyl (C=O) groups excluding carboxylic acids is 2. The van der Waals surface area contributed by atoms with Crippen molar-refractivity contribution in [2.75, 3.05) is 25.0 Å². The highest BCUT2D eigenvalue weighted by atomic mass is 35.5. The summed E-state index contributed by atoms with van der Waals surface area (Å²) >= 11 is 6.02. The van der Waals surface area contributed by atoms with E-state index in [9.17, 15) is 18.0 Å². The number of nitrogens with zero attached hydrogens (tertiary/aromatic N) is 2. The first-order valence-electron chi connectivity index (χ1n) is 12.1. The third-order valence-corrected chi connectivity index (χ3v) is 8.17. The van der Waals surface area contributed by atoms with E-state index < -0.39 is 28.5 Å². The van der Waals surface area contributed by atoms with Gasteiger partial charge in [0.1, 0.15) is 18.3 Å². The van der Waals surface area contributed by atoms with Crippen LogP contribution in [0.3, 0.4) is 0 Å². The van der Waals surface area contributed by atoms with Crippen molar-refractivity contribution in [1.82, 2.24) is 10.2 Å². The zero-order chi connectivity index (χ0) is 27.9. The number of amides is 2. The van der Waals surface area contributed by atoms with Gasteiger partial charge in [-0.1, -0.05) is 54.4 Å². The van der Waals surface area contributed by atoms with Crippen LogP contribution in [0.1, 0.15) is 24.5 Å². The van der Waals surface area contributed by atoms with Crippen molar-refractivity contribution in [1.29, 1.82) is 0 Å². The zero-order valence-corrected chi connectivity index (χ0v) is 23.4. The number of anilines is 1. The van der Waals surface area contributed by atoms with Gasteiger partial charge < -0.3 is 15.0 Å². The number of sulfonamides is 1. The second-order valence-electron chi connectivity index (χ2n) is 8.71. The molecule has 0 aliphatic heterocycles. The fourth-order valence-electron chi connectivity index (χ4n) is 4.00. The van der Waals surface area contributed by atoms with Crippen LogP contribution in [0.15, 0.2) is 77.7 Å². The number of hydrogen-bond acceptors (Lipinski definition) is 5. The predicted molar refractivity (Wildman–Crippen MR) is 149 cm³/mol. The number of carbonyl (C=O) groups is 2. The van der Waals surface area contributed by atoms with E-state index in [2.05, 4.69) is 5.32 Å². The first kappa shape index (κ1) is 29.0. The molecule has 0 spiro atoms. The summed E-state index contributed by atoms with van der Waals surface area (Å²) in [6, 6.07) is 19.0. The molecule has 0 radical (unpaired) electrons. The zero-order valence-electron chi connectivity index (χ0n) is 21.8. The number of halogens is 1. The second kappa shape index (κ2) is 12.8. The van der Waals surface area contributed by atoms with Crippen LogP contribution in [0, 0.1) is 6.92 Å². The molecule has 0 heterocycles. The Bertz CT molecular complexity index is 1360. The van der Waals surface area contributed by atoms with E-state index >= 15 is 0 Å². The average Bonchev–Trinajstić information content (AvgIpc) is 2.92. The van der Waals surface area contributed by atoms with Gasteiger partial charge in [0.15, 0.2) is 0 Å². The quantitative estimate of drug-likeness (QED) is 0.377. The van der Waals surface area contributed by atoms with Gasteiger partial charge in [0.05, 0.1) is 17.7 Å². The lowest BCUT2D eigenvalue weighted by Crippen LogP contribution is -2.51. The minimum absolute atomic E-state index is 0.0429. The summed E-state index contributed by atoms with van der Waals surface area (Å²) in [6.07, 6.45) is 0.336. The van der Waals surface area contributed by atoms with Gasteiger partial charge in [0.25, 0.3) is 10.0 Å². The van der Waals surface area contributed by atoms with E-state index in [0.29, 0.717) is 17.2 Å². The van der Waals surface area contributed by atoms with Crippen molar-refractivity contribution < 1.29 is 22.7 Å². The molecule has 0 aliphatic rings. The van der Waals surface area contributed by atoms with Gasteiger partial charge in [-0.15, -0.1) is 0 Å². The summed E-state index contributed by atoms with van der Waals surface area (Å²) in [5.41, 5.74) is 1.91. The van der Waals surface area contributed by atoms with E-state index in [-0.39, 0.29) is 23.0 Å². The highest BCUT2D eigenvalue weighted by Gasteiger charge is 2.33. The molecule has 0 unspecified atom stereocenters. The smallest absolute Gasteiger partial charge is 0.264 e. The topological polar surface area (TPSA) is 96.0 Å². The van der Waals surface area contributed by atoms with Crippen molar-refractivity contribution in [2.24, 2.45) is 0 Å². The molecule has 1 atom stereocenters. The van der Waals surface area contributed by atoms with Gasteiger partial charge in [-0.3, -0.25) is 13.9 Å². The first-order valence-corrected chi connectivity index (χ1v) is 13.9. The molecule has 38 heavy (non-hydrogen) atoms. The molecule has 3 rings (SSSR count). The fraction of sp³-hybridized carbons (Fsp3) is 0.286. The van der Waals surface area contributed by atoms with Crippen LogP contribution < -0.4 is 14.4 Å². The van der Waals surface area contributed by atoms with Crippen LogP contribution in [-0.2, 0) is 26.2 Å². The Morgan fingerprint density at radius 2 is 1.68 bits per heavy atom. The molecule has 3 aromatic rings. The lowest BCUT2D eigenvalue weighted by Gasteiger charge is -2.33. The van der Waals surface area contributed by atoms with Gasteiger partial charge >= 0.3 is 0 Å².